The molecule has 194 valence electrons. The van der Waals surface area contributed by atoms with Crippen molar-refractivity contribution in [3.8, 4) is 5.75 Å². The Morgan fingerprint density at radius 3 is 2.62 bits per heavy atom. The fourth-order valence-electron chi connectivity index (χ4n) is 4.88. The van der Waals surface area contributed by atoms with Gasteiger partial charge in [-0.05, 0) is 36.2 Å². The van der Waals surface area contributed by atoms with Crippen LogP contribution >= 0.6 is 23.2 Å². The number of rotatable bonds is 8. The van der Waals surface area contributed by atoms with Crippen molar-refractivity contribution in [1.82, 2.24) is 9.80 Å². The highest BCUT2D eigenvalue weighted by atomic mass is 35.5. The molecule has 0 radical (unpaired) electrons. The smallest absolute Gasteiger partial charge is 0.290 e. The number of aliphatic hydroxyl groups excluding tert-OH is 1. The minimum Gasteiger partial charge on any atom is -0.503 e. The van der Waals surface area contributed by atoms with Crippen LogP contribution in [-0.4, -0.2) is 73.1 Å². The summed E-state index contributed by atoms with van der Waals surface area (Å²) in [5, 5.41) is 12.3. The van der Waals surface area contributed by atoms with Crippen LogP contribution in [0, 0.1) is 0 Å². The van der Waals surface area contributed by atoms with Crippen molar-refractivity contribution in [2.24, 2.45) is 0 Å². The Morgan fingerprint density at radius 1 is 1.11 bits per heavy atom. The first-order valence-corrected chi connectivity index (χ1v) is 12.7. The van der Waals surface area contributed by atoms with Crippen molar-refractivity contribution in [1.29, 1.82) is 0 Å². The first-order chi connectivity index (χ1) is 17.9. The fraction of sp³-hybridized carbons (Fsp3) is 0.333. The van der Waals surface area contributed by atoms with Crippen LogP contribution in [0.25, 0.3) is 11.0 Å². The number of nitrogens with zero attached hydrogens (tertiary/aromatic N) is 2. The lowest BCUT2D eigenvalue weighted by Gasteiger charge is -2.30. The van der Waals surface area contributed by atoms with Crippen LogP contribution in [-0.2, 0) is 9.53 Å². The van der Waals surface area contributed by atoms with E-state index in [1.165, 1.54) is 12.0 Å². The van der Waals surface area contributed by atoms with Crippen molar-refractivity contribution in [2.75, 3.05) is 46.5 Å². The Labute approximate surface area is 223 Å². The van der Waals surface area contributed by atoms with Crippen molar-refractivity contribution in [3.63, 3.8) is 0 Å². The first-order valence-electron chi connectivity index (χ1n) is 12.0. The number of carbonyl (C=O) groups is 2. The lowest BCUT2D eigenvalue weighted by Crippen LogP contribution is -2.39. The molecule has 0 aliphatic carbocycles. The van der Waals surface area contributed by atoms with E-state index in [-0.39, 0.29) is 16.4 Å². The number of para-hydroxylation sites is 1. The summed E-state index contributed by atoms with van der Waals surface area (Å²) in [7, 11) is 1.51. The van der Waals surface area contributed by atoms with E-state index in [0.717, 1.165) is 19.6 Å². The van der Waals surface area contributed by atoms with E-state index in [4.69, 9.17) is 37.1 Å². The summed E-state index contributed by atoms with van der Waals surface area (Å²) in [5.74, 6) is -1.33. The number of benzene rings is 2. The molecule has 1 aromatic heterocycles. The molecule has 1 fully saturated rings. The quantitative estimate of drug-likeness (QED) is 0.396. The maximum Gasteiger partial charge on any atom is 0.290 e. The number of amides is 1. The monoisotopic (exact) mass is 544 g/mol. The van der Waals surface area contributed by atoms with E-state index in [0.29, 0.717) is 53.5 Å². The summed E-state index contributed by atoms with van der Waals surface area (Å²) in [6.45, 7) is 4.10. The number of fused-ring (bicyclic) bond motifs is 1. The molecule has 1 amide bonds. The molecule has 8 nitrogen and oxygen atoms in total. The van der Waals surface area contributed by atoms with E-state index >= 15 is 0 Å². The SMILES string of the molecule is COc1cccc2cc(C(=O)C3=C(O)C(=O)N(CCCN4CCOCC4)[C@H]3c3ccc(Cl)c(Cl)c3)oc12. The second kappa shape index (κ2) is 10.8. The van der Waals surface area contributed by atoms with Crippen LogP contribution in [0.5, 0.6) is 5.75 Å². The van der Waals surface area contributed by atoms with Gasteiger partial charge in [-0.1, -0.05) is 41.4 Å². The Hall–Kier alpha value is -3.04. The number of hydrogen-bond donors (Lipinski definition) is 1. The Balaban J connectivity index is 1.49. The zero-order chi connectivity index (χ0) is 26.1. The number of furan rings is 1. The van der Waals surface area contributed by atoms with Gasteiger partial charge in [0.05, 0.1) is 42.0 Å². The summed E-state index contributed by atoms with van der Waals surface area (Å²) >= 11 is 12.4. The molecule has 1 atom stereocenters. The summed E-state index contributed by atoms with van der Waals surface area (Å²) in [4.78, 5) is 30.8. The van der Waals surface area contributed by atoms with Crippen LogP contribution in [0.3, 0.4) is 0 Å². The van der Waals surface area contributed by atoms with E-state index in [2.05, 4.69) is 4.90 Å². The molecule has 3 heterocycles. The van der Waals surface area contributed by atoms with E-state index < -0.39 is 23.5 Å². The fourth-order valence-corrected chi connectivity index (χ4v) is 5.18. The third kappa shape index (κ3) is 4.94. The molecule has 3 aromatic rings. The third-order valence-corrected chi connectivity index (χ3v) is 7.48. The third-order valence-electron chi connectivity index (χ3n) is 6.74. The first kappa shape index (κ1) is 25.6. The molecule has 0 spiro atoms. The Kier molecular flexibility index (Phi) is 7.44. The van der Waals surface area contributed by atoms with Gasteiger partial charge in [-0.15, -0.1) is 0 Å². The molecule has 2 aliphatic heterocycles. The minimum absolute atomic E-state index is 0.00548. The van der Waals surface area contributed by atoms with E-state index in [1.807, 2.05) is 0 Å². The van der Waals surface area contributed by atoms with Crippen molar-refractivity contribution in [3.05, 3.63) is 75.2 Å². The standard InChI is InChI=1S/C27H26Cl2N2O6/c1-35-20-5-2-4-17-15-21(37-26(17)20)24(32)22-23(16-6-7-18(28)19(29)14-16)31(27(34)25(22)33)9-3-8-30-10-12-36-13-11-30/h2,4-7,14-15,23,33H,3,8-13H2,1H3/t23-/m0/s1. The molecule has 37 heavy (non-hydrogen) atoms. The van der Waals surface area contributed by atoms with Crippen LogP contribution in [0.2, 0.25) is 10.0 Å². The lowest BCUT2D eigenvalue weighted by atomic mass is 9.95. The number of methoxy groups -OCH3 is 1. The van der Waals surface area contributed by atoms with Gasteiger partial charge < -0.3 is 23.9 Å². The number of aliphatic hydroxyl groups is 1. The zero-order valence-corrected chi connectivity index (χ0v) is 21.7. The van der Waals surface area contributed by atoms with Gasteiger partial charge in [0.25, 0.3) is 5.91 Å². The van der Waals surface area contributed by atoms with Gasteiger partial charge in [-0.25, -0.2) is 0 Å². The lowest BCUT2D eigenvalue weighted by molar-refractivity contribution is -0.129. The number of ketones is 1. The average Bonchev–Trinajstić information content (AvgIpc) is 3.45. The molecule has 0 bridgehead atoms. The molecular formula is C27H26Cl2N2O6. The number of ether oxygens (including phenoxy) is 2. The molecule has 5 rings (SSSR count). The molecule has 10 heteroatoms. The normalized spacial score (nSPS) is 18.7. The van der Waals surface area contributed by atoms with Crippen molar-refractivity contribution < 1.29 is 28.6 Å². The number of carbonyl (C=O) groups excluding carboxylic acids is 2. The summed E-state index contributed by atoms with van der Waals surface area (Å²) < 4.78 is 16.6. The molecular weight excluding hydrogens is 519 g/mol. The molecule has 2 aromatic carbocycles. The van der Waals surface area contributed by atoms with Gasteiger partial charge in [0.15, 0.2) is 22.9 Å². The predicted molar refractivity (Wildman–Crippen MR) is 140 cm³/mol. The minimum atomic E-state index is -0.852. The Bertz CT molecular complexity index is 1380. The highest BCUT2D eigenvalue weighted by molar-refractivity contribution is 6.42. The van der Waals surface area contributed by atoms with Gasteiger partial charge >= 0.3 is 0 Å². The van der Waals surface area contributed by atoms with Gasteiger partial charge in [-0.3, -0.25) is 14.5 Å². The maximum atomic E-state index is 13.8. The van der Waals surface area contributed by atoms with Gasteiger partial charge in [0.1, 0.15) is 0 Å². The molecule has 0 saturated carbocycles. The van der Waals surface area contributed by atoms with Crippen molar-refractivity contribution >= 4 is 45.9 Å². The zero-order valence-electron chi connectivity index (χ0n) is 20.2. The van der Waals surface area contributed by atoms with Crippen LogP contribution in [0.15, 0.2) is 58.2 Å². The predicted octanol–water partition coefficient (Wildman–Crippen LogP) is 5.05. The summed E-state index contributed by atoms with van der Waals surface area (Å²) in [6, 6.07) is 11.0. The summed E-state index contributed by atoms with van der Waals surface area (Å²) in [5.41, 5.74) is 0.911. The molecule has 1 N–H and O–H groups in total. The van der Waals surface area contributed by atoms with E-state index in [9.17, 15) is 14.7 Å². The van der Waals surface area contributed by atoms with Gasteiger partial charge in [0.2, 0.25) is 5.78 Å². The topological polar surface area (TPSA) is 92.5 Å². The van der Waals surface area contributed by atoms with Gasteiger partial charge in [-0.2, -0.15) is 0 Å². The van der Waals surface area contributed by atoms with Crippen LogP contribution in [0.4, 0.5) is 0 Å². The highest BCUT2D eigenvalue weighted by Crippen LogP contribution is 2.41. The summed E-state index contributed by atoms with van der Waals surface area (Å²) in [6.07, 6.45) is 0.653. The second-order valence-corrected chi connectivity index (χ2v) is 9.78. The maximum absolute atomic E-state index is 13.8. The highest BCUT2D eigenvalue weighted by Gasteiger charge is 2.44. The number of morpholine rings is 1. The largest absolute Gasteiger partial charge is 0.503 e. The molecule has 1 saturated heterocycles. The average molecular weight is 545 g/mol. The molecule has 2 aliphatic rings. The van der Waals surface area contributed by atoms with Crippen LogP contribution in [0.1, 0.15) is 28.6 Å². The number of hydrogen-bond acceptors (Lipinski definition) is 7. The van der Waals surface area contributed by atoms with E-state index in [1.54, 1.807) is 42.5 Å². The van der Waals surface area contributed by atoms with Crippen LogP contribution < -0.4 is 4.74 Å². The number of halogens is 2. The second-order valence-electron chi connectivity index (χ2n) is 8.96. The molecule has 0 unspecified atom stereocenters. The van der Waals surface area contributed by atoms with Crippen molar-refractivity contribution in [2.45, 2.75) is 12.5 Å². The number of Topliss-reactive ketones (excluding diaryl/α,β-unsaturated/α-hetero) is 1. The Morgan fingerprint density at radius 2 is 1.89 bits per heavy atom. The van der Waals surface area contributed by atoms with Gasteiger partial charge in [0, 0.05) is 31.6 Å².